The maximum absolute atomic E-state index is 3.57. The highest BCUT2D eigenvalue weighted by Gasteiger charge is 2.21. The fourth-order valence-corrected chi connectivity index (χ4v) is 2.11. The van der Waals surface area contributed by atoms with Crippen molar-refractivity contribution in [1.29, 1.82) is 0 Å². The summed E-state index contributed by atoms with van der Waals surface area (Å²) >= 11 is 0. The summed E-state index contributed by atoms with van der Waals surface area (Å²) in [6.07, 6.45) is 0. The lowest BCUT2D eigenvalue weighted by Crippen LogP contribution is -2.48. The molecule has 0 amide bonds. The lowest BCUT2D eigenvalue weighted by Gasteiger charge is -2.35. The van der Waals surface area contributed by atoms with Crippen molar-refractivity contribution in [2.75, 3.05) is 19.6 Å². The van der Waals surface area contributed by atoms with Crippen LogP contribution in [0.1, 0.15) is 48.5 Å². The maximum atomic E-state index is 3.57. The molecule has 0 aromatic heterocycles. The first kappa shape index (κ1) is 15.9. The van der Waals surface area contributed by atoms with E-state index in [1.165, 1.54) is 6.54 Å². The Morgan fingerprint density at radius 3 is 1.88 bits per heavy atom. The van der Waals surface area contributed by atoms with Gasteiger partial charge in [0, 0.05) is 25.2 Å². The molecule has 0 radical (unpaired) electrons. The summed E-state index contributed by atoms with van der Waals surface area (Å²) in [5.41, 5.74) is 0. The topological polar surface area (TPSA) is 15.3 Å². The molecule has 0 aliphatic rings. The summed E-state index contributed by atoms with van der Waals surface area (Å²) in [5, 5.41) is 3.57. The predicted octanol–water partition coefficient (Wildman–Crippen LogP) is 2.99. The summed E-state index contributed by atoms with van der Waals surface area (Å²) < 4.78 is 0. The van der Waals surface area contributed by atoms with E-state index in [9.17, 15) is 0 Å². The zero-order chi connectivity index (χ0) is 12.7. The number of rotatable bonds is 8. The third-order valence-electron chi connectivity index (χ3n) is 2.98. The van der Waals surface area contributed by atoms with E-state index in [1.807, 2.05) is 0 Å². The third kappa shape index (κ3) is 6.49. The van der Waals surface area contributed by atoms with Crippen molar-refractivity contribution < 1.29 is 0 Å². The van der Waals surface area contributed by atoms with E-state index in [0.29, 0.717) is 18.0 Å². The normalized spacial score (nSPS) is 14.4. The lowest BCUT2D eigenvalue weighted by molar-refractivity contribution is 0.140. The SMILES string of the molecule is CCN(CC(C)C)C(CNC(C)C)C(C)C. The molecule has 0 aromatic rings. The molecule has 0 aliphatic carbocycles. The van der Waals surface area contributed by atoms with Crippen LogP contribution in [0.2, 0.25) is 0 Å². The van der Waals surface area contributed by atoms with E-state index in [1.54, 1.807) is 0 Å². The quantitative estimate of drug-likeness (QED) is 0.687. The highest BCUT2D eigenvalue weighted by atomic mass is 15.2. The van der Waals surface area contributed by atoms with Crippen LogP contribution in [0.4, 0.5) is 0 Å². The van der Waals surface area contributed by atoms with Crippen LogP contribution < -0.4 is 5.32 Å². The van der Waals surface area contributed by atoms with Gasteiger partial charge in [0.15, 0.2) is 0 Å². The molecule has 0 aromatic carbocycles. The molecule has 16 heavy (non-hydrogen) atoms. The molecule has 0 saturated heterocycles. The molecule has 0 rings (SSSR count). The Morgan fingerprint density at radius 1 is 1.00 bits per heavy atom. The van der Waals surface area contributed by atoms with Crippen LogP contribution in [0, 0.1) is 11.8 Å². The Morgan fingerprint density at radius 2 is 1.56 bits per heavy atom. The van der Waals surface area contributed by atoms with Crippen LogP contribution in [0.3, 0.4) is 0 Å². The van der Waals surface area contributed by atoms with Crippen LogP contribution >= 0.6 is 0 Å². The monoisotopic (exact) mass is 228 g/mol. The lowest BCUT2D eigenvalue weighted by atomic mass is 10.0. The van der Waals surface area contributed by atoms with E-state index >= 15 is 0 Å². The van der Waals surface area contributed by atoms with Crippen molar-refractivity contribution in [2.24, 2.45) is 11.8 Å². The summed E-state index contributed by atoms with van der Waals surface area (Å²) in [6.45, 7) is 19.4. The first-order valence-electron chi connectivity index (χ1n) is 6.85. The van der Waals surface area contributed by atoms with Gasteiger partial charge in [-0.1, -0.05) is 48.5 Å². The van der Waals surface area contributed by atoms with E-state index in [4.69, 9.17) is 0 Å². The van der Waals surface area contributed by atoms with Gasteiger partial charge in [-0.2, -0.15) is 0 Å². The highest BCUT2D eigenvalue weighted by Crippen LogP contribution is 2.12. The van der Waals surface area contributed by atoms with Crippen molar-refractivity contribution >= 4 is 0 Å². The van der Waals surface area contributed by atoms with Gasteiger partial charge in [-0.15, -0.1) is 0 Å². The second kappa shape index (κ2) is 8.08. The molecule has 1 unspecified atom stereocenters. The summed E-state index contributed by atoms with van der Waals surface area (Å²) in [5.74, 6) is 1.46. The molecule has 2 nitrogen and oxygen atoms in total. The Hall–Kier alpha value is -0.0800. The molecule has 0 heterocycles. The average Bonchev–Trinajstić information content (AvgIpc) is 2.14. The molecule has 0 fully saturated rings. The molecular weight excluding hydrogens is 196 g/mol. The van der Waals surface area contributed by atoms with E-state index < -0.39 is 0 Å². The Labute approximate surface area is 103 Å². The molecule has 1 atom stereocenters. The van der Waals surface area contributed by atoms with Gasteiger partial charge >= 0.3 is 0 Å². The van der Waals surface area contributed by atoms with Crippen molar-refractivity contribution in [3.8, 4) is 0 Å². The van der Waals surface area contributed by atoms with Crippen LogP contribution in [0.25, 0.3) is 0 Å². The molecule has 0 aliphatic heterocycles. The second-order valence-corrected chi connectivity index (χ2v) is 5.86. The van der Waals surface area contributed by atoms with Crippen LogP contribution in [-0.4, -0.2) is 36.6 Å². The fraction of sp³-hybridized carbons (Fsp3) is 1.00. The highest BCUT2D eigenvalue weighted by molar-refractivity contribution is 4.78. The average molecular weight is 228 g/mol. The zero-order valence-electron chi connectivity index (χ0n) is 12.4. The summed E-state index contributed by atoms with van der Waals surface area (Å²) in [4.78, 5) is 2.62. The molecule has 1 N–H and O–H groups in total. The van der Waals surface area contributed by atoms with E-state index in [-0.39, 0.29) is 0 Å². The number of hydrogen-bond donors (Lipinski definition) is 1. The van der Waals surface area contributed by atoms with Crippen molar-refractivity contribution in [1.82, 2.24) is 10.2 Å². The van der Waals surface area contributed by atoms with Crippen molar-refractivity contribution in [3.05, 3.63) is 0 Å². The third-order valence-corrected chi connectivity index (χ3v) is 2.98. The fourth-order valence-electron chi connectivity index (χ4n) is 2.11. The standard InChI is InChI=1S/C14H32N2/c1-8-16(10-11(2)3)14(12(4)5)9-15-13(6)7/h11-15H,8-10H2,1-7H3. The molecule has 0 bridgehead atoms. The number of nitrogens with one attached hydrogen (secondary N) is 1. The van der Waals surface area contributed by atoms with E-state index in [2.05, 4.69) is 58.7 Å². The Bertz CT molecular complexity index is 164. The molecule has 98 valence electrons. The van der Waals surface area contributed by atoms with Crippen LogP contribution in [-0.2, 0) is 0 Å². The zero-order valence-corrected chi connectivity index (χ0v) is 12.4. The van der Waals surface area contributed by atoms with Gasteiger partial charge in [0.1, 0.15) is 0 Å². The number of likely N-dealkylation sites (N-methyl/N-ethyl adjacent to an activating group) is 1. The smallest absolute Gasteiger partial charge is 0.0243 e. The van der Waals surface area contributed by atoms with Crippen molar-refractivity contribution in [2.45, 2.75) is 60.5 Å². The second-order valence-electron chi connectivity index (χ2n) is 5.86. The number of hydrogen-bond acceptors (Lipinski definition) is 2. The largest absolute Gasteiger partial charge is 0.313 e. The minimum absolute atomic E-state index is 0.582. The molecule has 2 heteroatoms. The minimum Gasteiger partial charge on any atom is -0.313 e. The Kier molecular flexibility index (Phi) is 8.04. The first-order valence-corrected chi connectivity index (χ1v) is 6.85. The summed E-state index contributed by atoms with van der Waals surface area (Å²) in [6, 6.07) is 1.24. The van der Waals surface area contributed by atoms with Crippen molar-refractivity contribution in [3.63, 3.8) is 0 Å². The predicted molar refractivity (Wildman–Crippen MR) is 73.8 cm³/mol. The van der Waals surface area contributed by atoms with Gasteiger partial charge in [0.05, 0.1) is 0 Å². The molecular formula is C14H32N2. The number of nitrogens with zero attached hydrogens (tertiary/aromatic N) is 1. The summed E-state index contributed by atoms with van der Waals surface area (Å²) in [7, 11) is 0. The van der Waals surface area contributed by atoms with Crippen LogP contribution in [0.15, 0.2) is 0 Å². The maximum Gasteiger partial charge on any atom is 0.0243 e. The minimum atomic E-state index is 0.582. The first-order chi connectivity index (χ1) is 7.38. The van der Waals surface area contributed by atoms with Gasteiger partial charge in [0.25, 0.3) is 0 Å². The van der Waals surface area contributed by atoms with E-state index in [0.717, 1.165) is 19.0 Å². The van der Waals surface area contributed by atoms with Crippen LogP contribution in [0.5, 0.6) is 0 Å². The van der Waals surface area contributed by atoms with Gasteiger partial charge in [-0.3, -0.25) is 4.90 Å². The molecule has 0 spiro atoms. The van der Waals surface area contributed by atoms with Gasteiger partial charge in [-0.05, 0) is 18.4 Å². The van der Waals surface area contributed by atoms with Gasteiger partial charge in [0.2, 0.25) is 0 Å². The van der Waals surface area contributed by atoms with Gasteiger partial charge in [-0.25, -0.2) is 0 Å². The Balaban J connectivity index is 4.34. The molecule has 0 saturated carbocycles. The van der Waals surface area contributed by atoms with Gasteiger partial charge < -0.3 is 5.32 Å².